The molecular weight excluding hydrogens is 228 g/mol. The highest BCUT2D eigenvalue weighted by Gasteiger charge is 2.80. The molecule has 0 spiro atoms. The summed E-state index contributed by atoms with van der Waals surface area (Å²) in [6, 6.07) is 0. The molecule has 0 unspecified atom stereocenters. The first-order chi connectivity index (χ1) is 7.19. The molecule has 4 heteroatoms. The minimum absolute atomic E-state index is 0.844. The lowest BCUT2D eigenvalue weighted by atomic mass is 10.5. The second-order valence-corrected chi connectivity index (χ2v) is 16.0. The third-order valence-electron chi connectivity index (χ3n) is 4.38. The molecule has 0 saturated carbocycles. The van der Waals surface area contributed by atoms with Crippen LogP contribution in [-0.2, 0) is 0 Å². The molecule has 0 aromatic heterocycles. The van der Waals surface area contributed by atoms with Gasteiger partial charge >= 0.3 is 13.4 Å². The number of hydrogen-bond donors (Lipinski definition) is 0. The van der Waals surface area contributed by atoms with Gasteiger partial charge in [0.15, 0.2) is 0 Å². The molecule has 0 bridgehead atoms. The molecule has 1 saturated heterocycles. The monoisotopic (exact) mass is 256 g/mol. The van der Waals surface area contributed by atoms with E-state index in [0.29, 0.717) is 0 Å². The summed E-state index contributed by atoms with van der Waals surface area (Å²) in [6.45, 7) is 25.2. The van der Waals surface area contributed by atoms with Gasteiger partial charge in [0.05, 0.1) is 0 Å². The molecule has 0 N–H and O–H groups in total. The quantitative estimate of drug-likeness (QED) is 0.503. The standard InChI is InChI=1S/C12H28B2P2/c1-9(2)15(10(3)4)13-16(14-15,11(5)6)12(7)8/h9-12H,1-8H3/q+2. The molecule has 16 heavy (non-hydrogen) atoms. The minimum Gasteiger partial charge on any atom is -0.0314 e. The van der Waals surface area contributed by atoms with E-state index >= 15 is 0 Å². The second-order valence-electron chi connectivity index (χ2n) is 6.39. The zero-order valence-electron chi connectivity index (χ0n) is 12.4. The maximum absolute atomic E-state index is 2.89. The normalized spacial score (nSPS) is 22.2. The van der Waals surface area contributed by atoms with E-state index in [1.807, 2.05) is 0 Å². The first-order valence-electron chi connectivity index (χ1n) is 6.68. The average Bonchev–Trinajstić information content (AvgIpc) is 1.98. The summed E-state index contributed by atoms with van der Waals surface area (Å²) >= 11 is 0. The zero-order valence-corrected chi connectivity index (χ0v) is 14.1. The molecule has 1 aliphatic rings. The van der Waals surface area contributed by atoms with E-state index in [0.717, 1.165) is 22.6 Å². The number of hydrogen-bond acceptors (Lipinski definition) is 0. The Morgan fingerprint density at radius 3 is 0.812 bits per heavy atom. The highest BCUT2D eigenvalue weighted by Crippen LogP contribution is 2.92. The Bertz CT molecular complexity index is 199. The predicted octanol–water partition coefficient (Wildman–Crippen LogP) is 4.74. The maximum atomic E-state index is 2.89. The first-order valence-corrected chi connectivity index (χ1v) is 10.8. The van der Waals surface area contributed by atoms with Crippen molar-refractivity contribution in [3.63, 3.8) is 0 Å². The molecule has 0 aromatic rings. The van der Waals surface area contributed by atoms with Gasteiger partial charge in [-0.15, -0.1) is 0 Å². The molecule has 0 amide bonds. The lowest BCUT2D eigenvalue weighted by molar-refractivity contribution is 1.00. The lowest BCUT2D eigenvalue weighted by Gasteiger charge is -2.48. The summed E-state index contributed by atoms with van der Waals surface area (Å²) in [6.07, 6.45) is 0. The van der Waals surface area contributed by atoms with Crippen molar-refractivity contribution in [1.29, 1.82) is 0 Å². The fourth-order valence-electron chi connectivity index (χ4n) is 2.94. The SMILES string of the molecule is CC(C)[P+]1(C(C)C)[B][P+](C(C)C)(C(C)C)[B]1. The Labute approximate surface area is 106 Å². The van der Waals surface area contributed by atoms with Crippen LogP contribution in [0.25, 0.3) is 0 Å². The molecule has 1 rings (SSSR count). The van der Waals surface area contributed by atoms with Gasteiger partial charge in [0.2, 0.25) is 0 Å². The third kappa shape index (κ3) is 2.14. The van der Waals surface area contributed by atoms with Gasteiger partial charge in [-0.1, -0.05) is 0 Å². The average molecular weight is 256 g/mol. The van der Waals surface area contributed by atoms with Crippen molar-refractivity contribution in [2.45, 2.75) is 78.0 Å². The molecular formula is C12H28B2P2+2. The van der Waals surface area contributed by atoms with Crippen LogP contribution in [0.1, 0.15) is 55.4 Å². The Morgan fingerprint density at radius 2 is 0.688 bits per heavy atom. The molecule has 90 valence electrons. The molecule has 2 radical (unpaired) electrons. The fourth-order valence-corrected chi connectivity index (χ4v) is 19.3. The van der Waals surface area contributed by atoms with E-state index in [1.54, 1.807) is 0 Å². The van der Waals surface area contributed by atoms with Gasteiger partial charge in [0.1, 0.15) is 0 Å². The topological polar surface area (TPSA) is 0 Å². The van der Waals surface area contributed by atoms with Crippen LogP contribution in [0.3, 0.4) is 0 Å². The molecule has 0 atom stereocenters. The van der Waals surface area contributed by atoms with Crippen LogP contribution in [0.5, 0.6) is 0 Å². The van der Waals surface area contributed by atoms with Crippen molar-refractivity contribution >= 4 is 27.5 Å². The van der Waals surface area contributed by atoms with Gasteiger partial charge in [0.25, 0.3) is 0 Å². The Hall–Kier alpha value is 0.990. The molecule has 0 aromatic carbocycles. The summed E-state index contributed by atoms with van der Waals surface area (Å²) in [7, 11) is -1.69. The largest absolute Gasteiger partial charge is 0.562 e. The Morgan fingerprint density at radius 1 is 0.500 bits per heavy atom. The van der Waals surface area contributed by atoms with Crippen LogP contribution in [0, 0.1) is 0 Å². The fraction of sp³-hybridized carbons (Fsp3) is 1.00. The van der Waals surface area contributed by atoms with Gasteiger partial charge in [-0.3, -0.25) is 0 Å². The van der Waals surface area contributed by atoms with Crippen LogP contribution in [0.2, 0.25) is 0 Å². The second kappa shape index (κ2) is 4.93. The summed E-state index contributed by atoms with van der Waals surface area (Å²) in [5.74, 6) is 0. The van der Waals surface area contributed by atoms with E-state index < -0.39 is 14.0 Å². The van der Waals surface area contributed by atoms with Crippen LogP contribution in [0.4, 0.5) is 0 Å². The van der Waals surface area contributed by atoms with Crippen LogP contribution in [0.15, 0.2) is 0 Å². The predicted molar refractivity (Wildman–Crippen MR) is 85.9 cm³/mol. The minimum atomic E-state index is -0.844. The van der Waals surface area contributed by atoms with Gasteiger partial charge in [-0.2, -0.15) is 0 Å². The van der Waals surface area contributed by atoms with Gasteiger partial charge in [-0.05, 0) is 55.4 Å². The summed E-state index contributed by atoms with van der Waals surface area (Å²) in [5, 5.41) is 0. The molecule has 0 nitrogen and oxygen atoms in total. The number of rotatable bonds is 4. The van der Waals surface area contributed by atoms with Gasteiger partial charge in [0, 0.05) is 36.7 Å². The van der Waals surface area contributed by atoms with Crippen molar-refractivity contribution in [1.82, 2.24) is 0 Å². The summed E-state index contributed by atoms with van der Waals surface area (Å²) in [4.78, 5) is 0. The van der Waals surface area contributed by atoms with E-state index in [9.17, 15) is 0 Å². The van der Waals surface area contributed by atoms with Crippen molar-refractivity contribution in [2.24, 2.45) is 0 Å². The van der Waals surface area contributed by atoms with Gasteiger partial charge in [-0.25, -0.2) is 0 Å². The van der Waals surface area contributed by atoms with Crippen molar-refractivity contribution in [3.05, 3.63) is 0 Å². The van der Waals surface area contributed by atoms with Crippen LogP contribution < -0.4 is 0 Å². The van der Waals surface area contributed by atoms with Crippen molar-refractivity contribution in [3.8, 4) is 0 Å². The Kier molecular flexibility index (Phi) is 4.64. The maximum Gasteiger partial charge on any atom is 0.562 e. The van der Waals surface area contributed by atoms with Crippen LogP contribution in [-0.4, -0.2) is 36.1 Å². The highest BCUT2D eigenvalue weighted by atomic mass is 31.3. The Balaban J connectivity index is 2.89. The smallest absolute Gasteiger partial charge is 0.0314 e. The van der Waals surface area contributed by atoms with Gasteiger partial charge < -0.3 is 0 Å². The molecule has 1 heterocycles. The van der Waals surface area contributed by atoms with E-state index in [4.69, 9.17) is 0 Å². The van der Waals surface area contributed by atoms with E-state index in [2.05, 4.69) is 68.8 Å². The van der Waals surface area contributed by atoms with E-state index in [1.165, 1.54) is 0 Å². The molecule has 1 fully saturated rings. The highest BCUT2D eigenvalue weighted by molar-refractivity contribution is 8.66. The molecule has 1 aliphatic heterocycles. The van der Waals surface area contributed by atoms with Crippen LogP contribution >= 0.6 is 14.0 Å². The van der Waals surface area contributed by atoms with Crippen molar-refractivity contribution in [2.75, 3.05) is 0 Å². The summed E-state index contributed by atoms with van der Waals surface area (Å²) < 4.78 is 0. The first kappa shape index (κ1) is 15.0. The lowest BCUT2D eigenvalue weighted by Crippen LogP contribution is -2.44. The summed E-state index contributed by atoms with van der Waals surface area (Å²) in [5.41, 5.74) is 3.44. The molecule has 0 aliphatic carbocycles. The zero-order chi connectivity index (χ0) is 12.7. The van der Waals surface area contributed by atoms with Crippen molar-refractivity contribution < 1.29 is 0 Å². The van der Waals surface area contributed by atoms with E-state index in [-0.39, 0.29) is 0 Å². The third-order valence-corrected chi connectivity index (χ3v) is 17.9.